The van der Waals surface area contributed by atoms with Gasteiger partial charge in [-0.2, -0.15) is 5.10 Å². The van der Waals surface area contributed by atoms with Gasteiger partial charge in [0.15, 0.2) is 5.17 Å². The number of rotatable bonds is 2. The van der Waals surface area contributed by atoms with Crippen LogP contribution in [-0.2, 0) is 0 Å². The average molecular weight is 334 g/mol. The molecule has 0 saturated heterocycles. The molecule has 4 nitrogen and oxygen atoms in total. The lowest BCUT2D eigenvalue weighted by atomic mass is 10.1. The number of hydrazone groups is 1. The quantitative estimate of drug-likeness (QED) is 0.724. The van der Waals surface area contributed by atoms with Gasteiger partial charge in [0.1, 0.15) is 0 Å². The topological polar surface area (TPSA) is 52.5 Å². The van der Waals surface area contributed by atoms with E-state index in [9.17, 15) is 0 Å². The Balaban J connectivity index is 1.63. The third kappa shape index (κ3) is 2.71. The Morgan fingerprint density at radius 3 is 2.58 bits per heavy atom. The minimum Gasteiger partial charge on any atom is -0.360 e. The van der Waals surface area contributed by atoms with Crippen molar-refractivity contribution in [3.8, 4) is 0 Å². The maximum atomic E-state index is 4.75. The van der Waals surface area contributed by atoms with Crippen LogP contribution in [-0.4, -0.2) is 21.6 Å². The van der Waals surface area contributed by atoms with Crippen LogP contribution in [0.3, 0.4) is 0 Å². The van der Waals surface area contributed by atoms with Crippen LogP contribution in [0, 0.1) is 13.8 Å². The first-order chi connectivity index (χ1) is 11.7. The summed E-state index contributed by atoms with van der Waals surface area (Å²) in [6.07, 6.45) is 2.03. The van der Waals surface area contributed by atoms with Gasteiger partial charge in [0.2, 0.25) is 0 Å². The summed E-state index contributed by atoms with van der Waals surface area (Å²) in [6, 6.07) is 14.5. The fraction of sp³-hybridized carbons (Fsp3) is 0.158. The fourth-order valence-corrected chi connectivity index (χ4v) is 3.67. The van der Waals surface area contributed by atoms with E-state index in [1.807, 2.05) is 12.3 Å². The van der Waals surface area contributed by atoms with Gasteiger partial charge in [0.25, 0.3) is 0 Å². The van der Waals surface area contributed by atoms with E-state index < -0.39 is 0 Å². The van der Waals surface area contributed by atoms with Crippen molar-refractivity contribution < 1.29 is 0 Å². The number of amidine groups is 1. The number of aromatic nitrogens is 1. The molecule has 0 saturated carbocycles. The lowest BCUT2D eigenvalue weighted by Crippen LogP contribution is -2.25. The van der Waals surface area contributed by atoms with Crippen molar-refractivity contribution in [2.24, 2.45) is 10.1 Å². The molecule has 5 heteroatoms. The third-order valence-corrected chi connectivity index (χ3v) is 5.06. The van der Waals surface area contributed by atoms with Crippen molar-refractivity contribution >= 4 is 39.2 Å². The summed E-state index contributed by atoms with van der Waals surface area (Å²) in [4.78, 5) is 8.05. The number of hydrogen-bond acceptors (Lipinski definition) is 3. The van der Waals surface area contributed by atoms with Gasteiger partial charge < -0.3 is 4.98 Å². The molecule has 3 aromatic rings. The van der Waals surface area contributed by atoms with Gasteiger partial charge >= 0.3 is 0 Å². The average Bonchev–Trinajstić information content (AvgIpc) is 3.03. The molecule has 1 aromatic heterocycles. The van der Waals surface area contributed by atoms with E-state index in [4.69, 9.17) is 4.99 Å². The van der Waals surface area contributed by atoms with E-state index in [1.165, 1.54) is 16.5 Å². The van der Waals surface area contributed by atoms with Crippen LogP contribution < -0.4 is 5.43 Å². The van der Waals surface area contributed by atoms with Gasteiger partial charge in [-0.25, -0.2) is 4.99 Å². The number of H-pyrrole nitrogens is 1. The predicted octanol–water partition coefficient (Wildman–Crippen LogP) is 4.51. The highest BCUT2D eigenvalue weighted by Gasteiger charge is 2.16. The van der Waals surface area contributed by atoms with Crippen LogP contribution >= 0.6 is 11.8 Å². The summed E-state index contributed by atoms with van der Waals surface area (Å²) in [6.45, 7) is 4.17. The summed E-state index contributed by atoms with van der Waals surface area (Å²) in [5.74, 6) is 0.804. The van der Waals surface area contributed by atoms with Crippen LogP contribution in [0.1, 0.15) is 16.7 Å². The molecule has 0 atom stereocenters. The monoisotopic (exact) mass is 334 g/mol. The van der Waals surface area contributed by atoms with Crippen molar-refractivity contribution in [2.75, 3.05) is 5.75 Å². The fourth-order valence-electron chi connectivity index (χ4n) is 2.91. The molecular weight excluding hydrogens is 316 g/mol. The van der Waals surface area contributed by atoms with E-state index in [1.54, 1.807) is 11.8 Å². The molecule has 0 amide bonds. The first-order valence-corrected chi connectivity index (χ1v) is 8.88. The number of nitrogens with one attached hydrogen (secondary N) is 2. The molecule has 0 fully saturated rings. The highest BCUT2D eigenvalue weighted by atomic mass is 32.2. The predicted molar refractivity (Wildman–Crippen MR) is 103 cm³/mol. The minimum absolute atomic E-state index is 0.804. The van der Waals surface area contributed by atoms with E-state index in [0.717, 1.165) is 33.4 Å². The first kappa shape index (κ1) is 15.0. The van der Waals surface area contributed by atoms with Gasteiger partial charge in [-0.3, -0.25) is 5.43 Å². The number of hydrogen-bond donors (Lipinski definition) is 2. The highest BCUT2D eigenvalue weighted by molar-refractivity contribution is 8.14. The van der Waals surface area contributed by atoms with Crippen molar-refractivity contribution in [3.63, 3.8) is 0 Å². The highest BCUT2D eigenvalue weighted by Crippen LogP contribution is 2.26. The molecule has 1 aliphatic rings. The summed E-state index contributed by atoms with van der Waals surface area (Å²) < 4.78 is 0. The van der Waals surface area contributed by atoms with Gasteiger partial charge in [-0.05, 0) is 31.0 Å². The third-order valence-electron chi connectivity index (χ3n) is 4.19. The second-order valence-electron chi connectivity index (χ2n) is 5.86. The first-order valence-electron chi connectivity index (χ1n) is 7.89. The lowest BCUT2D eigenvalue weighted by molar-refractivity contribution is 1.03. The molecule has 4 rings (SSSR count). The summed E-state index contributed by atoms with van der Waals surface area (Å²) in [5, 5.41) is 6.60. The van der Waals surface area contributed by atoms with Crippen LogP contribution in [0.15, 0.2) is 58.8 Å². The Morgan fingerprint density at radius 2 is 1.83 bits per heavy atom. The van der Waals surface area contributed by atoms with Crippen molar-refractivity contribution in [2.45, 2.75) is 13.8 Å². The van der Waals surface area contributed by atoms with Gasteiger partial charge in [0, 0.05) is 28.4 Å². The molecule has 24 heavy (non-hydrogen) atoms. The van der Waals surface area contributed by atoms with Gasteiger partial charge in [-0.15, -0.1) is 0 Å². The minimum atomic E-state index is 0.804. The second-order valence-corrected chi connectivity index (χ2v) is 6.83. The summed E-state index contributed by atoms with van der Waals surface area (Å²) in [7, 11) is 0. The second kappa shape index (κ2) is 6.17. The number of aliphatic imine (C=N–C) groups is 1. The van der Waals surface area contributed by atoms with Crippen LogP contribution in [0.2, 0.25) is 0 Å². The number of para-hydroxylation sites is 2. The number of benzene rings is 2. The number of nitrogens with zero attached hydrogens (tertiary/aromatic N) is 2. The Hall–Kier alpha value is -2.53. The normalized spacial score (nSPS) is 16.2. The molecule has 120 valence electrons. The van der Waals surface area contributed by atoms with E-state index in [0.29, 0.717) is 0 Å². The standard InChI is InChI=1S/C19H18N4S/c1-12-6-5-7-13(2)18(12)21-19-23-22-17(11-24-19)15-10-20-16-9-4-3-8-14(15)16/h3-10,20H,11H2,1-2H3,(H,21,23). The smallest absolute Gasteiger partial charge is 0.182 e. The Kier molecular flexibility index (Phi) is 3.86. The molecule has 1 aliphatic heterocycles. The zero-order valence-corrected chi connectivity index (χ0v) is 14.4. The molecule has 2 aromatic carbocycles. The zero-order chi connectivity index (χ0) is 16.5. The molecule has 0 aliphatic carbocycles. The van der Waals surface area contributed by atoms with Crippen LogP contribution in [0.25, 0.3) is 10.9 Å². The Bertz CT molecular complexity index is 948. The van der Waals surface area contributed by atoms with Crippen LogP contribution in [0.5, 0.6) is 0 Å². The largest absolute Gasteiger partial charge is 0.360 e. The number of aromatic amines is 1. The lowest BCUT2D eigenvalue weighted by Gasteiger charge is -2.15. The van der Waals surface area contributed by atoms with Crippen molar-refractivity contribution in [1.82, 2.24) is 10.4 Å². The molecule has 0 radical (unpaired) electrons. The van der Waals surface area contributed by atoms with E-state index in [-0.39, 0.29) is 0 Å². The summed E-state index contributed by atoms with van der Waals surface area (Å²) in [5.41, 5.74) is 9.82. The zero-order valence-electron chi connectivity index (χ0n) is 13.6. The molecule has 0 bridgehead atoms. The van der Waals surface area contributed by atoms with Gasteiger partial charge in [-0.1, -0.05) is 48.2 Å². The molecule has 0 spiro atoms. The molecule has 2 heterocycles. The van der Waals surface area contributed by atoms with E-state index in [2.05, 4.69) is 65.8 Å². The van der Waals surface area contributed by atoms with Crippen molar-refractivity contribution in [3.05, 3.63) is 65.4 Å². The van der Waals surface area contributed by atoms with Crippen molar-refractivity contribution in [1.29, 1.82) is 0 Å². The maximum Gasteiger partial charge on any atom is 0.182 e. The van der Waals surface area contributed by atoms with E-state index >= 15 is 0 Å². The summed E-state index contributed by atoms with van der Waals surface area (Å²) >= 11 is 1.68. The number of thioether (sulfide) groups is 1. The maximum absolute atomic E-state index is 4.75. The number of aryl methyl sites for hydroxylation is 2. The molecule has 2 N–H and O–H groups in total. The van der Waals surface area contributed by atoms with Crippen LogP contribution in [0.4, 0.5) is 5.69 Å². The Labute approximate surface area is 145 Å². The molecule has 0 unspecified atom stereocenters. The number of fused-ring (bicyclic) bond motifs is 1. The van der Waals surface area contributed by atoms with Gasteiger partial charge in [0.05, 0.1) is 11.4 Å². The Morgan fingerprint density at radius 1 is 1.04 bits per heavy atom. The molecular formula is C19H18N4S. The SMILES string of the molecule is Cc1cccc(C)c1N=C1NN=C(c2c[nH]c3ccccc23)CS1.